The molecule has 9 nitrogen and oxygen atoms in total. The van der Waals surface area contributed by atoms with Crippen molar-refractivity contribution in [3.8, 4) is 28.7 Å². The summed E-state index contributed by atoms with van der Waals surface area (Å²) in [5.41, 5.74) is 2.93. The quantitative estimate of drug-likeness (QED) is 0.0156. The molecule has 69 heavy (non-hydrogen) atoms. The zero-order chi connectivity index (χ0) is 48.8. The first-order valence-electron chi connectivity index (χ1n) is 27.2. The highest BCUT2D eigenvalue weighted by Gasteiger charge is 2.13. The lowest BCUT2D eigenvalue weighted by atomic mass is 10.1. The zero-order valence-electron chi connectivity index (χ0n) is 42.9. The standard InChI is InChI=1S/C60H87N3O6/c1-4-7-10-13-16-19-21-24-27-30-45-67-55-41-34-51(58(64)47-55)49-61-52-35-37-53(38-36-52)62-63-57-43-42-56(48-59(57)68-46-31-28-25-22-20-17-14-11-8-5-2)69-60(65)50-32-39-54(40-33-50)66-44-29-26-23-18-15-12-9-6-3/h32-43,47-49,64H,4-31,44-46H2,1-3H3. The highest BCUT2D eigenvalue weighted by molar-refractivity contribution is 5.91. The molecule has 378 valence electrons. The highest BCUT2D eigenvalue weighted by atomic mass is 16.5. The number of carbonyl (C=O) groups is 1. The second-order valence-electron chi connectivity index (χ2n) is 18.6. The number of ether oxygens (including phenoxy) is 4. The van der Waals surface area contributed by atoms with E-state index in [1.54, 1.807) is 42.6 Å². The molecule has 0 aliphatic rings. The van der Waals surface area contributed by atoms with Crippen molar-refractivity contribution in [3.63, 3.8) is 0 Å². The summed E-state index contributed by atoms with van der Waals surface area (Å²) in [5, 5.41) is 19.7. The molecule has 4 aromatic carbocycles. The van der Waals surface area contributed by atoms with Crippen LogP contribution < -0.4 is 18.9 Å². The van der Waals surface area contributed by atoms with Gasteiger partial charge in [0.05, 0.1) is 36.8 Å². The first-order valence-corrected chi connectivity index (χ1v) is 27.2. The van der Waals surface area contributed by atoms with Gasteiger partial charge < -0.3 is 24.1 Å². The number of esters is 1. The predicted octanol–water partition coefficient (Wildman–Crippen LogP) is 18.9. The van der Waals surface area contributed by atoms with Crippen LogP contribution in [0.1, 0.15) is 216 Å². The molecule has 0 amide bonds. The van der Waals surface area contributed by atoms with Crippen LogP contribution in [0.3, 0.4) is 0 Å². The fraction of sp³-hybridized carbons (Fsp3) is 0.567. The second-order valence-corrected chi connectivity index (χ2v) is 18.6. The Balaban J connectivity index is 1.27. The Morgan fingerprint density at radius 3 is 1.39 bits per heavy atom. The summed E-state index contributed by atoms with van der Waals surface area (Å²) in [6.45, 7) is 8.60. The van der Waals surface area contributed by atoms with Crippen molar-refractivity contribution in [1.29, 1.82) is 0 Å². The summed E-state index contributed by atoms with van der Waals surface area (Å²) >= 11 is 0. The number of nitrogens with zero attached hydrogens (tertiary/aromatic N) is 3. The normalized spacial score (nSPS) is 11.5. The average Bonchev–Trinajstić information content (AvgIpc) is 3.36. The summed E-state index contributed by atoms with van der Waals surface area (Å²) in [7, 11) is 0. The van der Waals surface area contributed by atoms with Gasteiger partial charge >= 0.3 is 5.97 Å². The summed E-state index contributed by atoms with van der Waals surface area (Å²) in [6, 6.07) is 25.1. The first-order chi connectivity index (χ1) is 34.0. The predicted molar refractivity (Wildman–Crippen MR) is 287 cm³/mol. The smallest absolute Gasteiger partial charge is 0.343 e. The minimum atomic E-state index is -0.460. The van der Waals surface area contributed by atoms with Gasteiger partial charge in [0.15, 0.2) is 5.75 Å². The van der Waals surface area contributed by atoms with Crippen LogP contribution in [-0.2, 0) is 0 Å². The number of hydrogen-bond donors (Lipinski definition) is 1. The Bertz CT molecular complexity index is 2000. The topological polar surface area (TPSA) is 111 Å². The van der Waals surface area contributed by atoms with Crippen molar-refractivity contribution in [1.82, 2.24) is 0 Å². The van der Waals surface area contributed by atoms with E-state index in [2.05, 4.69) is 36.0 Å². The molecule has 0 spiro atoms. The SMILES string of the molecule is CCCCCCCCCCCCOc1ccc(C=Nc2ccc(N=Nc3ccc(OC(=O)c4ccc(OCCCCCCCCCC)cc4)cc3OCCCCCCCCCCCC)cc2)c(O)c1. The third-order valence-corrected chi connectivity index (χ3v) is 12.5. The monoisotopic (exact) mass is 946 g/mol. The molecule has 0 aliphatic heterocycles. The molecule has 4 aromatic rings. The molecule has 0 radical (unpaired) electrons. The number of unbranched alkanes of at least 4 members (excludes halogenated alkanes) is 25. The van der Waals surface area contributed by atoms with Crippen LogP contribution in [0.4, 0.5) is 17.1 Å². The van der Waals surface area contributed by atoms with Crippen molar-refractivity contribution in [2.75, 3.05) is 19.8 Å². The molecule has 0 unspecified atom stereocenters. The minimum absolute atomic E-state index is 0.125. The highest BCUT2D eigenvalue weighted by Crippen LogP contribution is 2.34. The summed E-state index contributed by atoms with van der Waals surface area (Å²) < 4.78 is 24.0. The van der Waals surface area contributed by atoms with Gasteiger partial charge in [-0.15, -0.1) is 5.11 Å². The van der Waals surface area contributed by atoms with Gasteiger partial charge in [-0.25, -0.2) is 4.79 Å². The van der Waals surface area contributed by atoms with E-state index in [4.69, 9.17) is 18.9 Å². The number of carbonyl (C=O) groups excluding carboxylic acids is 1. The van der Waals surface area contributed by atoms with E-state index >= 15 is 0 Å². The molecule has 0 fully saturated rings. The Kier molecular flexibility index (Phi) is 30.0. The van der Waals surface area contributed by atoms with Gasteiger partial charge in [-0.3, -0.25) is 4.99 Å². The summed E-state index contributed by atoms with van der Waals surface area (Å²) in [6.07, 6.45) is 36.8. The maximum absolute atomic E-state index is 13.2. The van der Waals surface area contributed by atoms with Crippen LogP contribution in [0.5, 0.6) is 28.7 Å². The lowest BCUT2D eigenvalue weighted by Crippen LogP contribution is -2.08. The van der Waals surface area contributed by atoms with Crippen molar-refractivity contribution >= 4 is 29.2 Å². The Morgan fingerprint density at radius 2 is 0.884 bits per heavy atom. The van der Waals surface area contributed by atoms with Crippen LogP contribution >= 0.6 is 0 Å². The maximum Gasteiger partial charge on any atom is 0.343 e. The maximum atomic E-state index is 13.2. The number of aliphatic imine (C=N–C) groups is 1. The first kappa shape index (κ1) is 56.4. The number of hydrogen-bond acceptors (Lipinski definition) is 9. The lowest BCUT2D eigenvalue weighted by molar-refractivity contribution is 0.0734. The number of phenolic OH excluding ortho intramolecular Hbond substituents is 1. The number of azo groups is 1. The average molecular weight is 946 g/mol. The Morgan fingerprint density at radius 1 is 0.449 bits per heavy atom. The molecular formula is C60H87N3O6. The third kappa shape index (κ3) is 25.3. The molecule has 0 saturated heterocycles. The van der Waals surface area contributed by atoms with Crippen LogP contribution in [0.15, 0.2) is 100 Å². The van der Waals surface area contributed by atoms with Crippen LogP contribution in [0.25, 0.3) is 0 Å². The fourth-order valence-corrected chi connectivity index (χ4v) is 8.17. The minimum Gasteiger partial charge on any atom is -0.507 e. The van der Waals surface area contributed by atoms with E-state index in [9.17, 15) is 9.90 Å². The van der Waals surface area contributed by atoms with E-state index < -0.39 is 5.97 Å². The van der Waals surface area contributed by atoms with Crippen LogP contribution in [-0.4, -0.2) is 37.1 Å². The van der Waals surface area contributed by atoms with Gasteiger partial charge in [0.1, 0.15) is 28.7 Å². The number of benzene rings is 4. The molecule has 0 aromatic heterocycles. The van der Waals surface area contributed by atoms with E-state index in [0.29, 0.717) is 65.3 Å². The molecule has 0 bridgehead atoms. The number of aromatic hydroxyl groups is 1. The van der Waals surface area contributed by atoms with Gasteiger partial charge in [0.25, 0.3) is 0 Å². The molecular weight excluding hydrogens is 859 g/mol. The Hall–Kier alpha value is -5.18. The Labute approximate surface area is 416 Å². The molecule has 1 N–H and O–H groups in total. The van der Waals surface area contributed by atoms with Gasteiger partial charge in [0.2, 0.25) is 0 Å². The molecule has 0 aliphatic carbocycles. The van der Waals surface area contributed by atoms with E-state index in [1.165, 1.54) is 154 Å². The van der Waals surface area contributed by atoms with Crippen molar-refractivity contribution in [2.24, 2.45) is 15.2 Å². The van der Waals surface area contributed by atoms with Gasteiger partial charge in [-0.05, 0) is 92.1 Å². The molecule has 0 atom stereocenters. The third-order valence-electron chi connectivity index (χ3n) is 12.5. The molecule has 0 heterocycles. The largest absolute Gasteiger partial charge is 0.507 e. The molecule has 0 saturated carbocycles. The van der Waals surface area contributed by atoms with Gasteiger partial charge in [-0.2, -0.15) is 5.11 Å². The number of rotatable bonds is 40. The van der Waals surface area contributed by atoms with Gasteiger partial charge in [0, 0.05) is 23.9 Å². The molecule has 4 rings (SSSR count). The van der Waals surface area contributed by atoms with E-state index in [-0.39, 0.29) is 5.75 Å². The summed E-state index contributed by atoms with van der Waals surface area (Å²) in [5.74, 6) is 1.94. The van der Waals surface area contributed by atoms with Crippen molar-refractivity contribution in [3.05, 3.63) is 96.1 Å². The van der Waals surface area contributed by atoms with Crippen molar-refractivity contribution in [2.45, 2.75) is 201 Å². The van der Waals surface area contributed by atoms with E-state index in [1.807, 2.05) is 48.5 Å². The van der Waals surface area contributed by atoms with Crippen LogP contribution in [0.2, 0.25) is 0 Å². The van der Waals surface area contributed by atoms with Crippen LogP contribution in [0, 0.1) is 0 Å². The number of phenols is 1. The zero-order valence-corrected chi connectivity index (χ0v) is 42.9. The fourth-order valence-electron chi connectivity index (χ4n) is 8.17. The van der Waals surface area contributed by atoms with Crippen molar-refractivity contribution < 1.29 is 28.8 Å². The van der Waals surface area contributed by atoms with Gasteiger partial charge in [-0.1, -0.05) is 181 Å². The summed E-state index contributed by atoms with van der Waals surface area (Å²) in [4.78, 5) is 17.8. The second kappa shape index (κ2) is 36.8. The lowest BCUT2D eigenvalue weighted by Gasteiger charge is -2.11. The van der Waals surface area contributed by atoms with E-state index in [0.717, 1.165) is 31.4 Å². The molecule has 9 heteroatoms.